The molecule has 0 radical (unpaired) electrons. The molecule has 0 bridgehead atoms. The zero-order chi connectivity index (χ0) is 66.8. The minimum absolute atomic E-state index is 0.0485. The topological polar surface area (TPSA) is 292 Å². The molecular formula is C66H121N13O13. The number of rotatable bonds is 62. The van der Waals surface area contributed by atoms with Crippen molar-refractivity contribution >= 4 is 23.6 Å². The summed E-state index contributed by atoms with van der Waals surface area (Å²) in [5.74, 6) is 0.125. The maximum absolute atomic E-state index is 14.0. The van der Waals surface area contributed by atoms with Gasteiger partial charge in [0.15, 0.2) is 0 Å². The number of amides is 4. The maximum Gasteiger partial charge on any atom is 0.220 e. The lowest BCUT2D eigenvalue weighted by atomic mass is 9.82. The molecule has 0 aliphatic heterocycles. The smallest absolute Gasteiger partial charge is 0.220 e. The number of nitrogens with one attached hydrogen (secondary N) is 4. The van der Waals surface area contributed by atoms with Crippen LogP contribution in [0, 0.1) is 5.41 Å². The largest absolute Gasteiger partial charge is 0.377 e. The fraction of sp³-hybridized carbons (Fsp3) is 0.848. The van der Waals surface area contributed by atoms with Gasteiger partial charge in [-0.15, -0.1) is 15.3 Å². The molecule has 0 aliphatic carbocycles. The molecule has 1 atom stereocenters. The maximum atomic E-state index is 14.0. The lowest BCUT2D eigenvalue weighted by Gasteiger charge is -2.35. The van der Waals surface area contributed by atoms with E-state index in [0.29, 0.717) is 155 Å². The normalized spacial score (nSPS) is 12.3. The fourth-order valence-electron chi connectivity index (χ4n) is 9.49. The summed E-state index contributed by atoms with van der Waals surface area (Å²) in [6, 6.07) is 0. The van der Waals surface area contributed by atoms with Crippen molar-refractivity contribution in [1.29, 1.82) is 0 Å². The summed E-state index contributed by atoms with van der Waals surface area (Å²) in [7, 11) is 0. The lowest BCUT2D eigenvalue weighted by molar-refractivity contribution is -0.127. The highest BCUT2D eigenvalue weighted by atomic mass is 16.6. The molecule has 0 aromatic carbocycles. The number of unbranched alkanes of at least 4 members (excludes halogenated alkanes) is 7. The molecule has 4 N–H and O–H groups in total. The Balaban J connectivity index is 1.49. The van der Waals surface area contributed by atoms with Gasteiger partial charge >= 0.3 is 0 Å². The molecule has 26 nitrogen and oxygen atoms in total. The second-order valence-corrected chi connectivity index (χ2v) is 25.1. The van der Waals surface area contributed by atoms with E-state index in [2.05, 4.69) is 115 Å². The standard InChI is InChI=1S/C66H121N13O13/c1-10-57(7)60-54-79(76-73-60)33-39-89-45-51-92-48-42-86-36-30-69-63(82)23-27-66(70-64(83)20-18-16-14-12-13-15-17-19-24-65(8,9)11-2,25-21-61(80)67-28-34-84-40-46-90-49-43-87-37-31-77-52-58(55(3)4)71-74-77)26-22-62(81)68-29-35-85-41-47-91-50-44-88-38-32-78-53-59(56(5)6)72-75-78/h52-57H,10-51H2,1-9H3,(H,67,80)(H,68,81)(H,69,82)(H,70,83). The van der Waals surface area contributed by atoms with Gasteiger partial charge in [0.25, 0.3) is 0 Å². The number of carbonyl (C=O) groups excluding carboxylic acids is 4. The van der Waals surface area contributed by atoms with Crippen molar-refractivity contribution in [1.82, 2.24) is 66.2 Å². The van der Waals surface area contributed by atoms with E-state index in [0.717, 1.165) is 42.8 Å². The Morgan fingerprint density at radius 2 is 0.717 bits per heavy atom. The second-order valence-electron chi connectivity index (χ2n) is 25.1. The first-order valence-electron chi connectivity index (χ1n) is 34.5. The van der Waals surface area contributed by atoms with Crippen LogP contribution < -0.4 is 21.3 Å². The fourth-order valence-corrected chi connectivity index (χ4v) is 9.49. The minimum Gasteiger partial charge on any atom is -0.377 e. The van der Waals surface area contributed by atoms with E-state index in [1.54, 1.807) is 14.0 Å². The van der Waals surface area contributed by atoms with Crippen LogP contribution in [0.1, 0.15) is 213 Å². The van der Waals surface area contributed by atoms with Crippen molar-refractivity contribution in [2.24, 2.45) is 5.41 Å². The van der Waals surface area contributed by atoms with Gasteiger partial charge in [0.2, 0.25) is 23.6 Å². The Bertz CT molecular complexity index is 2250. The average Bonchev–Trinajstić information content (AvgIpc) is 1.66. The first-order chi connectivity index (χ1) is 44.5. The van der Waals surface area contributed by atoms with Crippen molar-refractivity contribution in [3.8, 4) is 0 Å². The average molecular weight is 1300 g/mol. The molecule has 4 amide bonds. The second kappa shape index (κ2) is 51.3. The predicted molar refractivity (Wildman–Crippen MR) is 352 cm³/mol. The van der Waals surface area contributed by atoms with Crippen LogP contribution in [0.5, 0.6) is 0 Å². The quantitative estimate of drug-likeness (QED) is 0.0394. The van der Waals surface area contributed by atoms with Crippen LogP contribution >= 0.6 is 0 Å². The number of aromatic nitrogens is 9. The Morgan fingerprint density at radius 3 is 1.05 bits per heavy atom. The van der Waals surface area contributed by atoms with E-state index in [1.165, 1.54) is 38.5 Å². The molecule has 0 saturated carbocycles. The Labute approximate surface area is 550 Å². The van der Waals surface area contributed by atoms with Gasteiger partial charge in [0.1, 0.15) is 0 Å². The molecule has 92 heavy (non-hydrogen) atoms. The molecule has 3 aromatic heterocycles. The number of ether oxygens (including phenoxy) is 9. The third-order valence-electron chi connectivity index (χ3n) is 16.2. The zero-order valence-corrected chi connectivity index (χ0v) is 58.0. The summed E-state index contributed by atoms with van der Waals surface area (Å²) < 4.78 is 56.5. The molecule has 26 heteroatoms. The summed E-state index contributed by atoms with van der Waals surface area (Å²) in [5, 5.41) is 37.1. The van der Waals surface area contributed by atoms with Crippen molar-refractivity contribution in [2.75, 3.05) is 139 Å². The highest BCUT2D eigenvalue weighted by Crippen LogP contribution is 2.29. The number of carbonyl (C=O) groups is 4. The zero-order valence-electron chi connectivity index (χ0n) is 58.0. The molecule has 3 heterocycles. The first kappa shape index (κ1) is 81.2. The molecule has 528 valence electrons. The Kier molecular flexibility index (Phi) is 45.3. The number of nitrogens with zero attached hydrogens (tertiary/aromatic N) is 9. The van der Waals surface area contributed by atoms with E-state index in [4.69, 9.17) is 42.6 Å². The van der Waals surface area contributed by atoms with E-state index in [-0.39, 0.29) is 102 Å². The van der Waals surface area contributed by atoms with Crippen LogP contribution in [0.3, 0.4) is 0 Å². The van der Waals surface area contributed by atoms with Crippen LogP contribution in [0.2, 0.25) is 0 Å². The van der Waals surface area contributed by atoms with E-state index in [1.807, 2.05) is 18.6 Å². The summed E-state index contributed by atoms with van der Waals surface area (Å²) in [4.78, 5) is 54.4. The van der Waals surface area contributed by atoms with Gasteiger partial charge in [-0.1, -0.05) is 129 Å². The highest BCUT2D eigenvalue weighted by molar-refractivity contribution is 5.80. The third-order valence-corrected chi connectivity index (χ3v) is 16.2. The summed E-state index contributed by atoms with van der Waals surface area (Å²) >= 11 is 0. The van der Waals surface area contributed by atoms with Gasteiger partial charge in [0.05, 0.1) is 156 Å². The van der Waals surface area contributed by atoms with Crippen LogP contribution in [-0.2, 0) is 81.4 Å². The van der Waals surface area contributed by atoms with Crippen LogP contribution in [0.25, 0.3) is 0 Å². The summed E-state index contributed by atoms with van der Waals surface area (Å²) in [6.45, 7) is 29.2. The molecule has 0 fully saturated rings. The monoisotopic (exact) mass is 1300 g/mol. The molecule has 0 spiro atoms. The molecule has 1 unspecified atom stereocenters. The van der Waals surface area contributed by atoms with Crippen molar-refractivity contribution in [3.63, 3.8) is 0 Å². The lowest BCUT2D eigenvalue weighted by Crippen LogP contribution is -2.50. The van der Waals surface area contributed by atoms with Gasteiger partial charge < -0.3 is 63.9 Å². The van der Waals surface area contributed by atoms with Crippen molar-refractivity contribution < 1.29 is 61.8 Å². The van der Waals surface area contributed by atoms with Crippen LogP contribution in [-0.4, -0.2) is 213 Å². The van der Waals surface area contributed by atoms with Crippen molar-refractivity contribution in [3.05, 3.63) is 35.7 Å². The van der Waals surface area contributed by atoms with Crippen LogP contribution in [0.15, 0.2) is 18.6 Å². The summed E-state index contributed by atoms with van der Waals surface area (Å²) in [5.41, 5.74) is 2.23. The van der Waals surface area contributed by atoms with Gasteiger partial charge in [-0.05, 0) is 55.8 Å². The van der Waals surface area contributed by atoms with E-state index < -0.39 is 5.54 Å². The SMILES string of the molecule is CCC(C)c1cn(CCOCCOCCOCCNC(=O)CCC(CCC(=O)NCCOCCOCCOCCn2cc(C(C)C)nn2)(CCC(=O)NCCOCCOCCOCCn2cc(C(C)C)nn2)NC(=O)CCCCCCCCCCC(C)(C)CC)nn1. The molecular weight excluding hydrogens is 1180 g/mol. The highest BCUT2D eigenvalue weighted by Gasteiger charge is 2.34. The summed E-state index contributed by atoms with van der Waals surface area (Å²) in [6.07, 6.45) is 19.1. The minimum atomic E-state index is -1.04. The van der Waals surface area contributed by atoms with E-state index >= 15 is 0 Å². The molecule has 3 aromatic rings. The molecule has 3 rings (SSSR count). The van der Waals surface area contributed by atoms with E-state index in [9.17, 15) is 19.2 Å². The first-order valence-corrected chi connectivity index (χ1v) is 34.5. The molecule has 0 saturated heterocycles. The number of hydrogen-bond donors (Lipinski definition) is 4. The van der Waals surface area contributed by atoms with Gasteiger partial charge in [-0.3, -0.25) is 19.2 Å². The predicted octanol–water partition coefficient (Wildman–Crippen LogP) is 7.65. The molecule has 0 aliphatic rings. The Hall–Kier alpha value is -5.06. The van der Waals surface area contributed by atoms with Gasteiger partial charge in [0, 0.05) is 75.4 Å². The van der Waals surface area contributed by atoms with Crippen LogP contribution in [0.4, 0.5) is 0 Å². The van der Waals surface area contributed by atoms with Gasteiger partial charge in [-0.2, -0.15) is 0 Å². The third kappa shape index (κ3) is 40.9. The van der Waals surface area contributed by atoms with Crippen molar-refractivity contribution in [2.45, 2.75) is 221 Å². The van der Waals surface area contributed by atoms with Gasteiger partial charge in [-0.25, -0.2) is 14.0 Å². The number of hydrogen-bond acceptors (Lipinski definition) is 19. The Morgan fingerprint density at radius 1 is 0.402 bits per heavy atom.